The molecule has 0 saturated heterocycles. The summed E-state index contributed by atoms with van der Waals surface area (Å²) in [5.41, 5.74) is 0.210. The van der Waals surface area contributed by atoms with E-state index in [1.807, 2.05) is 6.07 Å². The molecule has 0 aliphatic heterocycles. The minimum Gasteiger partial charge on any atom is -0.452 e. The van der Waals surface area contributed by atoms with Gasteiger partial charge < -0.3 is 15.0 Å². The van der Waals surface area contributed by atoms with Crippen molar-refractivity contribution >= 4 is 29.2 Å². The van der Waals surface area contributed by atoms with Crippen molar-refractivity contribution in [3.05, 3.63) is 63.0 Å². The van der Waals surface area contributed by atoms with Crippen LogP contribution in [0.1, 0.15) is 15.9 Å². The third-order valence-electron chi connectivity index (χ3n) is 2.73. The van der Waals surface area contributed by atoms with E-state index in [0.29, 0.717) is 5.02 Å². The van der Waals surface area contributed by atoms with Gasteiger partial charge in [-0.2, -0.15) is 5.26 Å². The first kappa shape index (κ1) is 16.3. The molecule has 0 fully saturated rings. The Balaban J connectivity index is 1.97. The van der Waals surface area contributed by atoms with Crippen LogP contribution in [-0.2, 0) is 9.53 Å². The van der Waals surface area contributed by atoms with Crippen LogP contribution in [0.25, 0.3) is 0 Å². The number of aromatic nitrogens is 1. The minimum atomic E-state index is -0.761. The summed E-state index contributed by atoms with van der Waals surface area (Å²) in [6, 6.07) is 8.76. The first-order chi connectivity index (χ1) is 11.0. The van der Waals surface area contributed by atoms with Crippen LogP contribution in [0.5, 0.6) is 0 Å². The number of ether oxygens (including phenoxy) is 1. The number of nitrogens with one attached hydrogen (secondary N) is 2. The number of anilines is 1. The van der Waals surface area contributed by atoms with Gasteiger partial charge in [-0.05, 0) is 24.3 Å². The Morgan fingerprint density at radius 3 is 2.74 bits per heavy atom. The number of hydrogen-bond donors (Lipinski definition) is 2. The number of rotatable bonds is 4. The van der Waals surface area contributed by atoms with Gasteiger partial charge in [0.25, 0.3) is 5.91 Å². The summed E-state index contributed by atoms with van der Waals surface area (Å²) in [5, 5.41) is 11.7. The van der Waals surface area contributed by atoms with Gasteiger partial charge in [-0.1, -0.05) is 11.6 Å². The number of hydrogen-bond acceptors (Lipinski definition) is 5. The number of amides is 1. The predicted molar refractivity (Wildman–Crippen MR) is 82.1 cm³/mol. The van der Waals surface area contributed by atoms with Gasteiger partial charge in [-0.15, -0.1) is 0 Å². The molecule has 0 bridgehead atoms. The topological polar surface area (TPSA) is 112 Å². The molecule has 1 amide bonds. The van der Waals surface area contributed by atoms with Crippen molar-refractivity contribution in [3.8, 4) is 6.07 Å². The third-order valence-corrected chi connectivity index (χ3v) is 2.97. The zero-order chi connectivity index (χ0) is 16.8. The maximum Gasteiger partial charge on any atom is 0.340 e. The highest BCUT2D eigenvalue weighted by molar-refractivity contribution is 6.31. The van der Waals surface area contributed by atoms with Crippen LogP contribution in [0.15, 0.2) is 41.3 Å². The molecule has 0 radical (unpaired) electrons. The number of halogens is 1. The molecule has 0 spiro atoms. The van der Waals surface area contributed by atoms with Gasteiger partial charge in [0.2, 0.25) is 5.56 Å². The average Bonchev–Trinajstić information content (AvgIpc) is 2.53. The molecule has 1 aromatic heterocycles. The smallest absolute Gasteiger partial charge is 0.340 e. The van der Waals surface area contributed by atoms with Gasteiger partial charge >= 0.3 is 5.97 Å². The Labute approximate surface area is 135 Å². The van der Waals surface area contributed by atoms with E-state index in [9.17, 15) is 14.4 Å². The van der Waals surface area contributed by atoms with Crippen molar-refractivity contribution in [1.29, 1.82) is 5.26 Å². The highest BCUT2D eigenvalue weighted by atomic mass is 35.5. The molecule has 0 aliphatic rings. The van der Waals surface area contributed by atoms with Crippen molar-refractivity contribution in [2.24, 2.45) is 0 Å². The molecule has 0 aliphatic carbocycles. The molecule has 23 heavy (non-hydrogen) atoms. The Morgan fingerprint density at radius 1 is 1.30 bits per heavy atom. The highest BCUT2D eigenvalue weighted by Gasteiger charge is 2.12. The lowest BCUT2D eigenvalue weighted by molar-refractivity contribution is -0.119. The summed E-state index contributed by atoms with van der Waals surface area (Å²) < 4.78 is 4.82. The maximum atomic E-state index is 11.8. The average molecular weight is 332 g/mol. The van der Waals surface area contributed by atoms with Crippen LogP contribution >= 0.6 is 11.6 Å². The van der Waals surface area contributed by atoms with Gasteiger partial charge in [-0.3, -0.25) is 9.59 Å². The molecule has 2 N–H and O–H groups in total. The Morgan fingerprint density at radius 2 is 2.09 bits per heavy atom. The third kappa shape index (κ3) is 4.43. The molecule has 116 valence electrons. The second kappa shape index (κ2) is 7.24. The molecule has 7 nitrogen and oxygen atoms in total. The maximum absolute atomic E-state index is 11.8. The van der Waals surface area contributed by atoms with Crippen LogP contribution in [-0.4, -0.2) is 23.5 Å². The van der Waals surface area contributed by atoms with Gasteiger partial charge in [0.15, 0.2) is 6.61 Å². The summed E-state index contributed by atoms with van der Waals surface area (Å²) in [6.07, 6.45) is 1.19. The molecular weight excluding hydrogens is 322 g/mol. The van der Waals surface area contributed by atoms with E-state index < -0.39 is 18.5 Å². The summed E-state index contributed by atoms with van der Waals surface area (Å²) in [6.45, 7) is -0.546. The van der Waals surface area contributed by atoms with E-state index in [1.54, 1.807) is 0 Å². The van der Waals surface area contributed by atoms with Crippen molar-refractivity contribution in [2.45, 2.75) is 0 Å². The molecule has 2 aromatic rings. The predicted octanol–water partition coefficient (Wildman–Crippen LogP) is 1.70. The van der Waals surface area contributed by atoms with E-state index in [4.69, 9.17) is 21.6 Å². The normalized spacial score (nSPS) is 9.74. The van der Waals surface area contributed by atoms with Crippen LogP contribution in [0.2, 0.25) is 5.02 Å². The zero-order valence-corrected chi connectivity index (χ0v) is 12.4. The van der Waals surface area contributed by atoms with E-state index in [0.717, 1.165) is 0 Å². The number of H-pyrrole nitrogens is 1. The zero-order valence-electron chi connectivity index (χ0n) is 11.6. The van der Waals surface area contributed by atoms with Crippen LogP contribution in [0, 0.1) is 11.3 Å². The second-order valence-corrected chi connectivity index (χ2v) is 4.80. The molecule has 0 saturated carbocycles. The summed E-state index contributed by atoms with van der Waals surface area (Å²) in [4.78, 5) is 36.7. The Hall–Kier alpha value is -3.11. The molecule has 8 heteroatoms. The van der Waals surface area contributed by atoms with Gasteiger partial charge in [0.05, 0.1) is 16.8 Å². The lowest BCUT2D eigenvalue weighted by Crippen LogP contribution is -2.21. The fraction of sp³-hybridized carbons (Fsp3) is 0.0667. The molecule has 1 heterocycles. The molecule has 0 unspecified atom stereocenters. The van der Waals surface area contributed by atoms with E-state index >= 15 is 0 Å². The molecule has 0 atom stereocenters. The van der Waals surface area contributed by atoms with Crippen molar-refractivity contribution in [1.82, 2.24) is 4.98 Å². The number of aromatic amines is 1. The van der Waals surface area contributed by atoms with E-state index in [-0.39, 0.29) is 22.4 Å². The SMILES string of the molecule is N#Cc1ccc(Cl)cc1NC(=O)COC(=O)c1ccc(=O)[nH]c1. The number of carbonyl (C=O) groups is 2. The Bertz CT molecular complexity index is 834. The molecular formula is C15H10ClN3O4. The first-order valence-electron chi connectivity index (χ1n) is 6.35. The number of nitriles is 1. The quantitative estimate of drug-likeness (QED) is 0.828. The van der Waals surface area contributed by atoms with Crippen molar-refractivity contribution < 1.29 is 14.3 Å². The van der Waals surface area contributed by atoms with Crippen LogP contribution in [0.4, 0.5) is 5.69 Å². The fourth-order valence-electron chi connectivity index (χ4n) is 1.66. The first-order valence-corrected chi connectivity index (χ1v) is 6.73. The van der Waals surface area contributed by atoms with E-state index in [2.05, 4.69) is 10.3 Å². The summed E-state index contributed by atoms with van der Waals surface area (Å²) in [5.74, 6) is -1.38. The van der Waals surface area contributed by atoms with Gasteiger partial charge in [0.1, 0.15) is 6.07 Å². The standard InChI is InChI=1S/C15H10ClN3O4/c16-11-3-1-9(6-17)12(5-11)19-14(21)8-23-15(22)10-2-4-13(20)18-7-10/h1-5,7H,8H2,(H,18,20)(H,19,21). The lowest BCUT2D eigenvalue weighted by Gasteiger charge is -2.08. The summed E-state index contributed by atoms with van der Waals surface area (Å²) >= 11 is 5.80. The minimum absolute atomic E-state index is 0.109. The Kier molecular flexibility index (Phi) is 5.12. The van der Waals surface area contributed by atoms with Gasteiger partial charge in [-0.25, -0.2) is 4.79 Å². The number of nitrogens with zero attached hydrogens (tertiary/aromatic N) is 1. The van der Waals surface area contributed by atoms with Gasteiger partial charge in [0, 0.05) is 17.3 Å². The number of pyridine rings is 1. The fourth-order valence-corrected chi connectivity index (χ4v) is 1.83. The number of esters is 1. The molecule has 2 rings (SSSR count). The lowest BCUT2D eigenvalue weighted by atomic mass is 10.2. The van der Waals surface area contributed by atoms with Crippen LogP contribution < -0.4 is 10.9 Å². The number of carbonyl (C=O) groups excluding carboxylic acids is 2. The van der Waals surface area contributed by atoms with Crippen LogP contribution in [0.3, 0.4) is 0 Å². The summed E-state index contributed by atoms with van der Waals surface area (Å²) in [7, 11) is 0. The molecule has 1 aromatic carbocycles. The largest absolute Gasteiger partial charge is 0.452 e. The van der Waals surface area contributed by atoms with Crippen molar-refractivity contribution in [2.75, 3.05) is 11.9 Å². The van der Waals surface area contributed by atoms with Crippen molar-refractivity contribution in [3.63, 3.8) is 0 Å². The van der Waals surface area contributed by atoms with E-state index in [1.165, 1.54) is 36.5 Å². The number of benzene rings is 1. The highest BCUT2D eigenvalue weighted by Crippen LogP contribution is 2.20. The second-order valence-electron chi connectivity index (χ2n) is 4.37. The monoisotopic (exact) mass is 331 g/mol.